The third kappa shape index (κ3) is 1.58. The topological polar surface area (TPSA) is 3.24 Å². The fourth-order valence-electron chi connectivity index (χ4n) is 1.15. The van der Waals surface area contributed by atoms with Crippen molar-refractivity contribution in [2.45, 2.75) is 6.42 Å². The van der Waals surface area contributed by atoms with E-state index in [2.05, 4.69) is 34.5 Å². The summed E-state index contributed by atoms with van der Waals surface area (Å²) >= 11 is 2.47. The van der Waals surface area contributed by atoms with Gasteiger partial charge in [0, 0.05) is 11.0 Å². The van der Waals surface area contributed by atoms with Gasteiger partial charge < -0.3 is 4.90 Å². The molecule has 1 aliphatic rings. The van der Waals surface area contributed by atoms with E-state index in [9.17, 15) is 0 Å². The van der Waals surface area contributed by atoms with Crippen LogP contribution < -0.4 is 0 Å². The zero-order chi connectivity index (χ0) is 5.98. The minimum absolute atomic E-state index is 0.987. The molecule has 1 rings (SSSR count). The molecule has 1 nitrogen and oxygen atoms in total. The van der Waals surface area contributed by atoms with Gasteiger partial charge in [-0.25, -0.2) is 0 Å². The van der Waals surface area contributed by atoms with Crippen molar-refractivity contribution in [2.24, 2.45) is 5.92 Å². The molecule has 1 aliphatic heterocycles. The minimum Gasteiger partial charge on any atom is -0.306 e. The molecular formula is C6H12IN. The summed E-state index contributed by atoms with van der Waals surface area (Å²) in [6.07, 6.45) is 1.42. The first kappa shape index (κ1) is 6.81. The Bertz CT molecular complexity index is 74.9. The predicted molar refractivity (Wildman–Crippen MR) is 44.5 cm³/mol. The predicted octanol–water partition coefficient (Wildman–Crippen LogP) is 1.37. The number of likely N-dealkylation sites (tertiary alicyclic amines) is 1. The second-order valence-corrected chi connectivity index (χ2v) is 3.45. The van der Waals surface area contributed by atoms with Gasteiger partial charge in [-0.2, -0.15) is 0 Å². The summed E-state index contributed by atoms with van der Waals surface area (Å²) in [6.45, 7) is 2.64. The molecule has 1 atom stereocenters. The van der Waals surface area contributed by atoms with Crippen LogP contribution in [0, 0.1) is 5.92 Å². The molecule has 1 heterocycles. The van der Waals surface area contributed by atoms with Crippen LogP contribution in [0.3, 0.4) is 0 Å². The van der Waals surface area contributed by atoms with Crippen molar-refractivity contribution in [3.63, 3.8) is 0 Å². The highest BCUT2D eigenvalue weighted by Crippen LogP contribution is 2.15. The molecule has 0 aromatic heterocycles. The van der Waals surface area contributed by atoms with E-state index < -0.39 is 0 Å². The van der Waals surface area contributed by atoms with E-state index in [-0.39, 0.29) is 0 Å². The molecule has 0 unspecified atom stereocenters. The SMILES string of the molecule is CN1CC[C@@H](CI)C1. The first-order chi connectivity index (χ1) is 3.83. The molecule has 2 heteroatoms. The summed E-state index contributed by atoms with van der Waals surface area (Å²) in [6, 6.07) is 0. The molecule has 0 amide bonds. The first-order valence-corrected chi connectivity index (χ1v) is 4.60. The van der Waals surface area contributed by atoms with Crippen LogP contribution in [-0.4, -0.2) is 29.5 Å². The molecule has 1 saturated heterocycles. The Morgan fingerprint density at radius 3 is 2.75 bits per heavy atom. The second kappa shape index (κ2) is 3.01. The van der Waals surface area contributed by atoms with E-state index in [1.807, 2.05) is 0 Å². The number of hydrogen-bond acceptors (Lipinski definition) is 1. The van der Waals surface area contributed by atoms with Gasteiger partial charge in [0.15, 0.2) is 0 Å². The summed E-state index contributed by atoms with van der Waals surface area (Å²) in [5.41, 5.74) is 0. The number of alkyl halides is 1. The molecule has 48 valence electrons. The Hall–Kier alpha value is 0.690. The molecule has 0 radical (unpaired) electrons. The highest BCUT2D eigenvalue weighted by atomic mass is 127. The highest BCUT2D eigenvalue weighted by molar-refractivity contribution is 14.1. The number of nitrogens with zero attached hydrogens (tertiary/aromatic N) is 1. The van der Waals surface area contributed by atoms with E-state index in [0.717, 1.165) is 5.92 Å². The lowest BCUT2D eigenvalue weighted by atomic mass is 10.2. The van der Waals surface area contributed by atoms with Crippen LogP contribution in [0.5, 0.6) is 0 Å². The van der Waals surface area contributed by atoms with Crippen molar-refractivity contribution in [1.82, 2.24) is 4.90 Å². The maximum absolute atomic E-state index is 2.47. The average Bonchev–Trinajstić information content (AvgIpc) is 2.14. The summed E-state index contributed by atoms with van der Waals surface area (Å²) in [5, 5.41) is 0. The van der Waals surface area contributed by atoms with Gasteiger partial charge >= 0.3 is 0 Å². The van der Waals surface area contributed by atoms with Gasteiger partial charge in [0.25, 0.3) is 0 Å². The molecule has 0 aliphatic carbocycles. The monoisotopic (exact) mass is 225 g/mol. The average molecular weight is 225 g/mol. The van der Waals surface area contributed by atoms with Gasteiger partial charge in [0.1, 0.15) is 0 Å². The van der Waals surface area contributed by atoms with E-state index in [1.54, 1.807) is 0 Å². The molecular weight excluding hydrogens is 213 g/mol. The van der Waals surface area contributed by atoms with Crippen molar-refractivity contribution in [3.8, 4) is 0 Å². The van der Waals surface area contributed by atoms with Crippen molar-refractivity contribution < 1.29 is 0 Å². The smallest absolute Gasteiger partial charge is 0.00363 e. The van der Waals surface area contributed by atoms with Crippen LogP contribution >= 0.6 is 22.6 Å². The lowest BCUT2D eigenvalue weighted by molar-refractivity contribution is 0.404. The van der Waals surface area contributed by atoms with Gasteiger partial charge in [-0.15, -0.1) is 0 Å². The summed E-state index contributed by atoms with van der Waals surface area (Å²) in [5.74, 6) is 0.987. The standard InChI is InChI=1S/C6H12IN/c1-8-3-2-6(4-7)5-8/h6H,2-5H2,1H3/t6-/m0/s1. The summed E-state index contributed by atoms with van der Waals surface area (Å²) in [7, 11) is 2.20. The van der Waals surface area contributed by atoms with Gasteiger partial charge in [0.05, 0.1) is 0 Å². The Labute approximate surface area is 64.6 Å². The molecule has 0 spiro atoms. The molecule has 0 saturated carbocycles. The molecule has 0 N–H and O–H groups in total. The van der Waals surface area contributed by atoms with Crippen LogP contribution in [-0.2, 0) is 0 Å². The summed E-state index contributed by atoms with van der Waals surface area (Å²) in [4.78, 5) is 2.41. The zero-order valence-corrected chi connectivity index (χ0v) is 7.39. The van der Waals surface area contributed by atoms with Crippen LogP contribution in [0.15, 0.2) is 0 Å². The van der Waals surface area contributed by atoms with E-state index >= 15 is 0 Å². The maximum Gasteiger partial charge on any atom is 0.00363 e. The van der Waals surface area contributed by atoms with Crippen molar-refractivity contribution in [3.05, 3.63) is 0 Å². The van der Waals surface area contributed by atoms with E-state index in [0.29, 0.717) is 0 Å². The third-order valence-corrected chi connectivity index (χ3v) is 2.95. The second-order valence-electron chi connectivity index (χ2n) is 2.57. The Morgan fingerprint density at radius 1 is 1.75 bits per heavy atom. The Balaban J connectivity index is 2.22. The lowest BCUT2D eigenvalue weighted by Gasteiger charge is -2.05. The van der Waals surface area contributed by atoms with E-state index in [1.165, 1.54) is 23.9 Å². The van der Waals surface area contributed by atoms with E-state index in [4.69, 9.17) is 0 Å². The normalized spacial score (nSPS) is 31.5. The highest BCUT2D eigenvalue weighted by Gasteiger charge is 2.16. The fraction of sp³-hybridized carbons (Fsp3) is 1.00. The van der Waals surface area contributed by atoms with Crippen LogP contribution in [0.2, 0.25) is 0 Å². The van der Waals surface area contributed by atoms with Gasteiger partial charge in [0.2, 0.25) is 0 Å². The Morgan fingerprint density at radius 2 is 2.50 bits per heavy atom. The minimum atomic E-state index is 0.987. The fourth-order valence-corrected chi connectivity index (χ4v) is 1.87. The zero-order valence-electron chi connectivity index (χ0n) is 5.23. The quantitative estimate of drug-likeness (QED) is 0.481. The van der Waals surface area contributed by atoms with Crippen molar-refractivity contribution in [1.29, 1.82) is 0 Å². The van der Waals surface area contributed by atoms with Crippen LogP contribution in [0.25, 0.3) is 0 Å². The van der Waals surface area contributed by atoms with Crippen LogP contribution in [0.4, 0.5) is 0 Å². The van der Waals surface area contributed by atoms with Gasteiger partial charge in [-0.05, 0) is 25.9 Å². The summed E-state index contributed by atoms with van der Waals surface area (Å²) < 4.78 is 1.34. The molecule has 0 aromatic rings. The van der Waals surface area contributed by atoms with Crippen molar-refractivity contribution >= 4 is 22.6 Å². The van der Waals surface area contributed by atoms with Crippen molar-refractivity contribution in [2.75, 3.05) is 24.6 Å². The van der Waals surface area contributed by atoms with Gasteiger partial charge in [-0.3, -0.25) is 0 Å². The molecule has 0 aromatic carbocycles. The number of halogens is 1. The Kier molecular flexibility index (Phi) is 2.56. The molecule has 8 heavy (non-hydrogen) atoms. The largest absolute Gasteiger partial charge is 0.306 e. The number of hydrogen-bond donors (Lipinski definition) is 0. The maximum atomic E-state index is 2.47. The third-order valence-electron chi connectivity index (χ3n) is 1.71. The van der Waals surface area contributed by atoms with Gasteiger partial charge in [-0.1, -0.05) is 22.6 Å². The molecule has 0 bridgehead atoms. The molecule has 1 fully saturated rings. The lowest BCUT2D eigenvalue weighted by Crippen LogP contribution is -2.14. The van der Waals surface area contributed by atoms with Crippen LogP contribution in [0.1, 0.15) is 6.42 Å². The first-order valence-electron chi connectivity index (χ1n) is 3.07. The number of rotatable bonds is 1.